The molecule has 2 aromatic rings. The minimum Gasteiger partial charge on any atom is -0.398 e. The van der Waals surface area contributed by atoms with Gasteiger partial charge in [-0.05, 0) is 37.6 Å². The van der Waals surface area contributed by atoms with Gasteiger partial charge in [0.25, 0.3) is 0 Å². The van der Waals surface area contributed by atoms with Crippen molar-refractivity contribution in [1.29, 1.82) is 0 Å². The van der Waals surface area contributed by atoms with Crippen molar-refractivity contribution >= 4 is 22.3 Å². The molecule has 3 N–H and O–H groups in total. The van der Waals surface area contributed by atoms with Crippen LogP contribution >= 0.6 is 0 Å². The summed E-state index contributed by atoms with van der Waals surface area (Å²) >= 11 is 0. The molecular formula is C14H17N3O. The highest BCUT2D eigenvalue weighted by atomic mass is 16.5. The lowest BCUT2D eigenvalue weighted by Gasteiger charge is -2.25. The Labute approximate surface area is 106 Å². The number of aromatic nitrogens is 1. The third-order valence-corrected chi connectivity index (χ3v) is 3.46. The third-order valence-electron chi connectivity index (χ3n) is 3.46. The fourth-order valence-electron chi connectivity index (χ4n) is 2.39. The SMILES string of the molecule is CC1(Nc2ccc(N)c3cccnc23)CCOC1. The highest BCUT2D eigenvalue weighted by Crippen LogP contribution is 2.30. The molecule has 1 aliphatic rings. The van der Waals surface area contributed by atoms with Crippen LogP contribution in [-0.2, 0) is 4.74 Å². The first-order chi connectivity index (χ1) is 8.68. The molecule has 94 valence electrons. The molecule has 3 rings (SSSR count). The molecule has 0 spiro atoms. The number of benzene rings is 1. The molecule has 18 heavy (non-hydrogen) atoms. The number of pyridine rings is 1. The number of hydrogen-bond donors (Lipinski definition) is 2. The number of nitrogens with one attached hydrogen (secondary N) is 1. The van der Waals surface area contributed by atoms with Gasteiger partial charge >= 0.3 is 0 Å². The second kappa shape index (κ2) is 4.14. The zero-order valence-corrected chi connectivity index (χ0v) is 10.4. The molecule has 0 amide bonds. The van der Waals surface area contributed by atoms with Gasteiger partial charge in [-0.3, -0.25) is 4.98 Å². The molecule has 0 saturated carbocycles. The van der Waals surface area contributed by atoms with Crippen LogP contribution in [0.1, 0.15) is 13.3 Å². The van der Waals surface area contributed by atoms with Crippen molar-refractivity contribution in [3.63, 3.8) is 0 Å². The van der Waals surface area contributed by atoms with E-state index in [2.05, 4.69) is 17.2 Å². The summed E-state index contributed by atoms with van der Waals surface area (Å²) in [6.45, 7) is 3.71. The molecular weight excluding hydrogens is 226 g/mol. The molecule has 1 aromatic carbocycles. The summed E-state index contributed by atoms with van der Waals surface area (Å²) in [7, 11) is 0. The Kier molecular flexibility index (Phi) is 2.59. The van der Waals surface area contributed by atoms with Gasteiger partial charge in [0, 0.05) is 23.9 Å². The van der Waals surface area contributed by atoms with E-state index in [1.54, 1.807) is 6.20 Å². The maximum atomic E-state index is 5.97. The third kappa shape index (κ3) is 1.88. The Hall–Kier alpha value is -1.81. The summed E-state index contributed by atoms with van der Waals surface area (Å²) < 4.78 is 5.46. The quantitative estimate of drug-likeness (QED) is 0.795. The Morgan fingerprint density at radius 3 is 3.06 bits per heavy atom. The Balaban J connectivity index is 2.04. The molecule has 2 heterocycles. The van der Waals surface area contributed by atoms with E-state index in [4.69, 9.17) is 10.5 Å². The summed E-state index contributed by atoms with van der Waals surface area (Å²) in [5.41, 5.74) is 8.66. The van der Waals surface area contributed by atoms with Crippen molar-refractivity contribution in [2.45, 2.75) is 18.9 Å². The lowest BCUT2D eigenvalue weighted by Crippen LogP contribution is -2.35. The van der Waals surface area contributed by atoms with Gasteiger partial charge in [-0.15, -0.1) is 0 Å². The molecule has 4 heteroatoms. The van der Waals surface area contributed by atoms with Crippen molar-refractivity contribution in [1.82, 2.24) is 4.98 Å². The van der Waals surface area contributed by atoms with E-state index in [0.717, 1.165) is 41.9 Å². The van der Waals surface area contributed by atoms with Crippen LogP contribution in [0.3, 0.4) is 0 Å². The predicted octanol–water partition coefficient (Wildman–Crippen LogP) is 2.41. The van der Waals surface area contributed by atoms with Crippen LogP contribution in [0.15, 0.2) is 30.5 Å². The van der Waals surface area contributed by atoms with Crippen molar-refractivity contribution in [3.8, 4) is 0 Å². The molecule has 4 nitrogen and oxygen atoms in total. The van der Waals surface area contributed by atoms with Gasteiger partial charge in [-0.2, -0.15) is 0 Å². The summed E-state index contributed by atoms with van der Waals surface area (Å²) in [6, 6.07) is 7.82. The van der Waals surface area contributed by atoms with E-state index in [-0.39, 0.29) is 5.54 Å². The van der Waals surface area contributed by atoms with Gasteiger partial charge < -0.3 is 15.8 Å². The molecule has 1 saturated heterocycles. The molecule has 0 radical (unpaired) electrons. The number of nitrogens with zero attached hydrogens (tertiary/aromatic N) is 1. The van der Waals surface area contributed by atoms with Crippen LogP contribution < -0.4 is 11.1 Å². The van der Waals surface area contributed by atoms with Crippen molar-refractivity contribution in [2.24, 2.45) is 0 Å². The van der Waals surface area contributed by atoms with E-state index < -0.39 is 0 Å². The van der Waals surface area contributed by atoms with E-state index in [0.29, 0.717) is 0 Å². The number of anilines is 2. The lowest BCUT2D eigenvalue weighted by molar-refractivity contribution is 0.185. The molecule has 1 aromatic heterocycles. The maximum absolute atomic E-state index is 5.97. The standard InChI is InChI=1S/C14H17N3O/c1-14(6-8-18-9-14)17-12-5-4-11(15)10-3-2-7-16-13(10)12/h2-5,7,17H,6,8-9,15H2,1H3. The number of nitrogen functional groups attached to an aromatic ring is 1. The minimum absolute atomic E-state index is 0.0133. The highest BCUT2D eigenvalue weighted by molar-refractivity contribution is 5.98. The van der Waals surface area contributed by atoms with E-state index in [1.165, 1.54) is 0 Å². The second-order valence-corrected chi connectivity index (χ2v) is 5.09. The molecule has 1 unspecified atom stereocenters. The first kappa shape index (κ1) is 11.3. The van der Waals surface area contributed by atoms with Gasteiger partial charge in [0.15, 0.2) is 0 Å². The average Bonchev–Trinajstić information content (AvgIpc) is 2.80. The summed E-state index contributed by atoms with van der Waals surface area (Å²) in [4.78, 5) is 4.43. The van der Waals surface area contributed by atoms with Gasteiger partial charge in [-0.1, -0.05) is 0 Å². The van der Waals surface area contributed by atoms with E-state index in [1.807, 2.05) is 24.3 Å². The van der Waals surface area contributed by atoms with Crippen LogP contribution in [0.25, 0.3) is 10.9 Å². The van der Waals surface area contributed by atoms with Crippen molar-refractivity contribution < 1.29 is 4.74 Å². The molecule has 1 aliphatic heterocycles. The maximum Gasteiger partial charge on any atom is 0.0954 e. The first-order valence-electron chi connectivity index (χ1n) is 6.17. The number of fused-ring (bicyclic) bond motifs is 1. The topological polar surface area (TPSA) is 60.2 Å². The number of nitrogens with two attached hydrogens (primary N) is 1. The summed E-state index contributed by atoms with van der Waals surface area (Å²) in [5, 5.41) is 4.54. The fraction of sp³-hybridized carbons (Fsp3) is 0.357. The zero-order valence-electron chi connectivity index (χ0n) is 10.4. The summed E-state index contributed by atoms with van der Waals surface area (Å²) in [5.74, 6) is 0. The first-order valence-corrected chi connectivity index (χ1v) is 6.17. The number of ether oxygens (including phenoxy) is 1. The Bertz CT molecular complexity index is 576. The van der Waals surface area contributed by atoms with Gasteiger partial charge in [0.1, 0.15) is 0 Å². The van der Waals surface area contributed by atoms with Crippen LogP contribution in [0.2, 0.25) is 0 Å². The largest absolute Gasteiger partial charge is 0.398 e. The monoisotopic (exact) mass is 243 g/mol. The van der Waals surface area contributed by atoms with E-state index in [9.17, 15) is 0 Å². The molecule has 0 bridgehead atoms. The molecule has 1 atom stereocenters. The Morgan fingerprint density at radius 2 is 2.28 bits per heavy atom. The van der Waals surface area contributed by atoms with Gasteiger partial charge in [-0.25, -0.2) is 0 Å². The van der Waals surface area contributed by atoms with Gasteiger partial charge in [0.05, 0.1) is 23.3 Å². The number of hydrogen-bond acceptors (Lipinski definition) is 4. The molecule has 1 fully saturated rings. The van der Waals surface area contributed by atoms with Crippen LogP contribution in [0.5, 0.6) is 0 Å². The average molecular weight is 243 g/mol. The minimum atomic E-state index is -0.0133. The normalized spacial score (nSPS) is 23.4. The lowest BCUT2D eigenvalue weighted by atomic mass is 10.0. The Morgan fingerprint density at radius 1 is 1.39 bits per heavy atom. The zero-order chi connectivity index (χ0) is 12.6. The van der Waals surface area contributed by atoms with Gasteiger partial charge in [0.2, 0.25) is 0 Å². The smallest absolute Gasteiger partial charge is 0.0954 e. The fourth-order valence-corrected chi connectivity index (χ4v) is 2.39. The van der Waals surface area contributed by atoms with Crippen LogP contribution in [0, 0.1) is 0 Å². The second-order valence-electron chi connectivity index (χ2n) is 5.09. The number of rotatable bonds is 2. The highest BCUT2D eigenvalue weighted by Gasteiger charge is 2.29. The summed E-state index contributed by atoms with van der Waals surface area (Å²) in [6.07, 6.45) is 2.80. The van der Waals surface area contributed by atoms with Crippen LogP contribution in [-0.4, -0.2) is 23.7 Å². The van der Waals surface area contributed by atoms with E-state index >= 15 is 0 Å². The molecule has 0 aliphatic carbocycles. The van der Waals surface area contributed by atoms with Crippen molar-refractivity contribution in [3.05, 3.63) is 30.5 Å². The van der Waals surface area contributed by atoms with Crippen molar-refractivity contribution in [2.75, 3.05) is 24.3 Å². The predicted molar refractivity (Wildman–Crippen MR) is 73.6 cm³/mol. The van der Waals surface area contributed by atoms with Crippen LogP contribution in [0.4, 0.5) is 11.4 Å².